The van der Waals surface area contributed by atoms with Gasteiger partial charge in [-0.05, 0) is 24.6 Å². The minimum absolute atomic E-state index is 0.439. The fourth-order valence-corrected chi connectivity index (χ4v) is 2.31. The fourth-order valence-electron chi connectivity index (χ4n) is 2.31. The Kier molecular flexibility index (Phi) is 5.30. The van der Waals surface area contributed by atoms with Crippen molar-refractivity contribution in [2.45, 2.75) is 26.0 Å². The van der Waals surface area contributed by atoms with Gasteiger partial charge in [-0.25, -0.2) is 0 Å². The number of nitriles is 1. The van der Waals surface area contributed by atoms with Gasteiger partial charge < -0.3 is 10.0 Å². The maximum Gasteiger partial charge on any atom is 0.0781 e. The molecule has 0 spiro atoms. The Labute approximate surface area is 125 Å². The van der Waals surface area contributed by atoms with Crippen molar-refractivity contribution in [2.24, 2.45) is 0 Å². The molecule has 1 atom stereocenters. The molecule has 0 unspecified atom stereocenters. The van der Waals surface area contributed by atoms with Gasteiger partial charge in [0.1, 0.15) is 0 Å². The number of aliphatic hydroxyl groups is 1. The summed E-state index contributed by atoms with van der Waals surface area (Å²) in [4.78, 5) is 6.24. The molecule has 21 heavy (non-hydrogen) atoms. The monoisotopic (exact) mass is 281 g/mol. The molecule has 0 saturated heterocycles. The number of rotatable bonds is 6. The van der Waals surface area contributed by atoms with Gasteiger partial charge in [-0.3, -0.25) is 4.98 Å². The Bertz CT molecular complexity index is 605. The van der Waals surface area contributed by atoms with E-state index in [9.17, 15) is 5.11 Å². The summed E-state index contributed by atoms with van der Waals surface area (Å²) >= 11 is 0. The lowest BCUT2D eigenvalue weighted by molar-refractivity contribution is 0.199. The molecule has 1 aromatic carbocycles. The Morgan fingerprint density at radius 3 is 2.76 bits per heavy atom. The molecule has 0 fully saturated rings. The molecule has 4 heteroatoms. The van der Waals surface area contributed by atoms with E-state index in [1.165, 1.54) is 0 Å². The molecule has 1 heterocycles. The second-order valence-electron chi connectivity index (χ2n) is 4.93. The number of aromatic nitrogens is 1. The summed E-state index contributed by atoms with van der Waals surface area (Å²) in [6, 6.07) is 13.9. The number of aliphatic hydroxyl groups excluding tert-OH is 1. The smallest absolute Gasteiger partial charge is 0.0781 e. The van der Waals surface area contributed by atoms with E-state index in [0.29, 0.717) is 19.5 Å². The molecule has 108 valence electrons. The van der Waals surface area contributed by atoms with Gasteiger partial charge >= 0.3 is 0 Å². The zero-order valence-corrected chi connectivity index (χ0v) is 12.1. The van der Waals surface area contributed by atoms with Gasteiger partial charge in [0, 0.05) is 36.7 Å². The molecular formula is C17H19N3O. The van der Waals surface area contributed by atoms with E-state index in [1.54, 1.807) is 13.1 Å². The molecule has 2 rings (SSSR count). The van der Waals surface area contributed by atoms with Crippen molar-refractivity contribution in [1.82, 2.24) is 4.98 Å². The number of pyridine rings is 1. The minimum Gasteiger partial charge on any atom is -0.389 e. The molecule has 0 aliphatic heterocycles. The third-order valence-corrected chi connectivity index (χ3v) is 3.32. The van der Waals surface area contributed by atoms with Crippen molar-refractivity contribution in [3.63, 3.8) is 0 Å². The summed E-state index contributed by atoms with van der Waals surface area (Å²) in [5.41, 5.74) is 2.92. The second-order valence-corrected chi connectivity index (χ2v) is 4.93. The Morgan fingerprint density at radius 1 is 1.29 bits per heavy atom. The standard InChI is InChI=1S/C17H19N3O/c1-14(21)16-7-2-3-8-17(16)20(11-5-9-18)13-15-6-4-10-19-12-15/h2-4,6-8,10,12,14,21H,5,11,13H2,1H3/t14-/m0/s1. The molecule has 0 radical (unpaired) electrons. The van der Waals surface area contributed by atoms with Gasteiger partial charge in [0.2, 0.25) is 0 Å². The highest BCUT2D eigenvalue weighted by Gasteiger charge is 2.14. The summed E-state index contributed by atoms with van der Waals surface area (Å²) < 4.78 is 0. The molecule has 0 aliphatic carbocycles. The lowest BCUT2D eigenvalue weighted by atomic mass is 10.1. The number of para-hydroxylation sites is 1. The van der Waals surface area contributed by atoms with Crippen molar-refractivity contribution in [2.75, 3.05) is 11.4 Å². The van der Waals surface area contributed by atoms with E-state index in [0.717, 1.165) is 16.8 Å². The van der Waals surface area contributed by atoms with Crippen molar-refractivity contribution in [3.8, 4) is 6.07 Å². The number of hydrogen-bond acceptors (Lipinski definition) is 4. The number of anilines is 1. The van der Waals surface area contributed by atoms with Crippen LogP contribution in [0.25, 0.3) is 0 Å². The molecule has 1 aromatic heterocycles. The van der Waals surface area contributed by atoms with Crippen LogP contribution in [0.2, 0.25) is 0 Å². The zero-order chi connectivity index (χ0) is 15.1. The molecule has 0 amide bonds. The van der Waals surface area contributed by atoms with Crippen molar-refractivity contribution >= 4 is 5.69 Å². The molecule has 0 aliphatic rings. The maximum absolute atomic E-state index is 9.94. The predicted octanol–water partition coefficient (Wildman–Crippen LogP) is 3.06. The topological polar surface area (TPSA) is 60.1 Å². The summed E-state index contributed by atoms with van der Waals surface area (Å²) in [6.45, 7) is 3.04. The van der Waals surface area contributed by atoms with Crippen LogP contribution in [-0.4, -0.2) is 16.6 Å². The predicted molar refractivity (Wildman–Crippen MR) is 82.6 cm³/mol. The molecule has 0 saturated carbocycles. The van der Waals surface area contributed by atoms with E-state index in [-0.39, 0.29) is 0 Å². The SMILES string of the molecule is C[C@H](O)c1ccccc1N(CCC#N)Cc1cccnc1. The van der Waals surface area contributed by atoms with Gasteiger partial charge in [0.05, 0.1) is 18.6 Å². The Morgan fingerprint density at radius 2 is 2.10 bits per heavy atom. The summed E-state index contributed by atoms with van der Waals surface area (Å²) in [7, 11) is 0. The lowest BCUT2D eigenvalue weighted by Gasteiger charge is -2.27. The van der Waals surface area contributed by atoms with Crippen LogP contribution < -0.4 is 4.90 Å². The number of hydrogen-bond donors (Lipinski definition) is 1. The quantitative estimate of drug-likeness (QED) is 0.884. The van der Waals surface area contributed by atoms with Crippen LogP contribution in [0.3, 0.4) is 0 Å². The van der Waals surface area contributed by atoms with Crippen molar-refractivity contribution in [3.05, 3.63) is 59.9 Å². The van der Waals surface area contributed by atoms with Crippen molar-refractivity contribution < 1.29 is 5.11 Å². The average molecular weight is 281 g/mol. The molecule has 4 nitrogen and oxygen atoms in total. The first kappa shape index (κ1) is 15.0. The van der Waals surface area contributed by atoms with Gasteiger partial charge in [0.15, 0.2) is 0 Å². The lowest BCUT2D eigenvalue weighted by Crippen LogP contribution is -2.25. The largest absolute Gasteiger partial charge is 0.389 e. The molecule has 0 bridgehead atoms. The molecular weight excluding hydrogens is 262 g/mol. The van der Waals surface area contributed by atoms with Crippen LogP contribution in [-0.2, 0) is 6.54 Å². The highest BCUT2D eigenvalue weighted by Crippen LogP contribution is 2.27. The van der Waals surface area contributed by atoms with Crippen LogP contribution in [0.4, 0.5) is 5.69 Å². The molecule has 1 N–H and O–H groups in total. The summed E-state index contributed by atoms with van der Waals surface area (Å²) in [5, 5.41) is 18.8. The van der Waals surface area contributed by atoms with Gasteiger partial charge in [-0.2, -0.15) is 5.26 Å². The third-order valence-electron chi connectivity index (χ3n) is 3.32. The minimum atomic E-state index is -0.542. The number of nitrogens with zero attached hydrogens (tertiary/aromatic N) is 3. The maximum atomic E-state index is 9.94. The fraction of sp³-hybridized carbons (Fsp3) is 0.294. The number of benzene rings is 1. The first-order valence-corrected chi connectivity index (χ1v) is 7.00. The van der Waals surface area contributed by atoms with E-state index in [1.807, 2.05) is 42.6 Å². The van der Waals surface area contributed by atoms with E-state index in [4.69, 9.17) is 5.26 Å². The van der Waals surface area contributed by atoms with Crippen LogP contribution >= 0.6 is 0 Å². The van der Waals surface area contributed by atoms with Gasteiger partial charge in [-0.1, -0.05) is 24.3 Å². The third kappa shape index (κ3) is 4.04. The Balaban J connectivity index is 2.30. The summed E-state index contributed by atoms with van der Waals surface area (Å²) in [6.07, 6.45) is 3.46. The summed E-state index contributed by atoms with van der Waals surface area (Å²) in [5.74, 6) is 0. The van der Waals surface area contributed by atoms with Crippen LogP contribution in [0.5, 0.6) is 0 Å². The van der Waals surface area contributed by atoms with Gasteiger partial charge in [0.25, 0.3) is 0 Å². The molecule has 2 aromatic rings. The van der Waals surface area contributed by atoms with E-state index in [2.05, 4.69) is 16.0 Å². The van der Waals surface area contributed by atoms with E-state index >= 15 is 0 Å². The van der Waals surface area contributed by atoms with E-state index < -0.39 is 6.10 Å². The van der Waals surface area contributed by atoms with Crippen LogP contribution in [0, 0.1) is 11.3 Å². The highest BCUT2D eigenvalue weighted by molar-refractivity contribution is 5.55. The Hall–Kier alpha value is -2.38. The van der Waals surface area contributed by atoms with Gasteiger partial charge in [-0.15, -0.1) is 0 Å². The first-order chi connectivity index (χ1) is 10.2. The zero-order valence-electron chi connectivity index (χ0n) is 12.1. The normalized spacial score (nSPS) is 11.7. The van der Waals surface area contributed by atoms with Crippen LogP contribution in [0.15, 0.2) is 48.8 Å². The van der Waals surface area contributed by atoms with Crippen molar-refractivity contribution in [1.29, 1.82) is 5.26 Å². The first-order valence-electron chi connectivity index (χ1n) is 7.00. The highest BCUT2D eigenvalue weighted by atomic mass is 16.3. The van der Waals surface area contributed by atoms with Crippen LogP contribution in [0.1, 0.15) is 30.6 Å². The average Bonchev–Trinajstić information content (AvgIpc) is 2.52. The second kappa shape index (κ2) is 7.41.